The maximum Gasteiger partial charge on any atom is 0.262 e. The lowest BCUT2D eigenvalue weighted by Crippen LogP contribution is -2.20. The number of amides is 1. The largest absolute Gasteiger partial charge is 0.484 e. The zero-order valence-corrected chi connectivity index (χ0v) is 13.9. The number of para-hydroxylation sites is 1. The molecule has 0 atom stereocenters. The molecule has 1 N–H and O–H groups in total. The molecule has 3 nitrogen and oxygen atoms in total. The summed E-state index contributed by atoms with van der Waals surface area (Å²) in [6.07, 6.45) is 0. The summed E-state index contributed by atoms with van der Waals surface area (Å²) in [7, 11) is 0. The Morgan fingerprint density at radius 2 is 1.80 bits per heavy atom. The van der Waals surface area contributed by atoms with Crippen molar-refractivity contribution in [3.8, 4) is 5.75 Å². The van der Waals surface area contributed by atoms with Gasteiger partial charge < -0.3 is 10.1 Å². The third-order valence-corrected chi connectivity index (χ3v) is 3.73. The Balaban J connectivity index is 1.94. The minimum atomic E-state index is -0.245. The Morgan fingerprint density at radius 1 is 1.15 bits per heavy atom. The van der Waals surface area contributed by atoms with Crippen LogP contribution >= 0.6 is 45.8 Å². The predicted molar refractivity (Wildman–Crippen MR) is 89.7 cm³/mol. The molecule has 0 aliphatic heterocycles. The Hall–Kier alpha value is -0.980. The summed E-state index contributed by atoms with van der Waals surface area (Å²) in [5.41, 5.74) is 0.755. The van der Waals surface area contributed by atoms with Crippen molar-refractivity contribution in [3.63, 3.8) is 0 Å². The minimum absolute atomic E-state index is 0.109. The number of halogens is 3. The molecular formula is C14H10Cl2INO2. The molecule has 0 aliphatic carbocycles. The predicted octanol–water partition coefficient (Wildman–Crippen LogP) is 4.62. The molecule has 0 saturated heterocycles. The molecule has 20 heavy (non-hydrogen) atoms. The van der Waals surface area contributed by atoms with Crippen molar-refractivity contribution in [1.82, 2.24) is 0 Å². The lowest BCUT2D eigenvalue weighted by Gasteiger charge is -2.09. The fourth-order valence-corrected chi connectivity index (χ4v) is 2.54. The molecule has 0 aliphatic rings. The molecule has 0 bridgehead atoms. The van der Waals surface area contributed by atoms with Gasteiger partial charge in [0.05, 0.1) is 5.69 Å². The molecule has 0 fully saturated rings. The number of nitrogens with one attached hydrogen (secondary N) is 1. The topological polar surface area (TPSA) is 38.3 Å². The van der Waals surface area contributed by atoms with Crippen LogP contribution < -0.4 is 10.1 Å². The lowest BCUT2D eigenvalue weighted by atomic mass is 10.3. The highest BCUT2D eigenvalue weighted by Crippen LogP contribution is 2.24. The summed E-state index contributed by atoms with van der Waals surface area (Å²) in [5.74, 6) is 0.214. The first-order chi connectivity index (χ1) is 9.54. The van der Waals surface area contributed by atoms with Gasteiger partial charge in [-0.05, 0) is 52.9 Å². The third-order valence-electron chi connectivity index (χ3n) is 2.35. The van der Waals surface area contributed by atoms with Gasteiger partial charge in [-0.1, -0.05) is 35.3 Å². The average molecular weight is 422 g/mol. The van der Waals surface area contributed by atoms with E-state index in [0.29, 0.717) is 15.8 Å². The molecule has 0 aromatic heterocycles. The third kappa shape index (κ3) is 4.54. The van der Waals surface area contributed by atoms with E-state index in [4.69, 9.17) is 27.9 Å². The van der Waals surface area contributed by atoms with Gasteiger partial charge in [0.15, 0.2) is 6.61 Å². The van der Waals surface area contributed by atoms with Crippen LogP contribution in [0, 0.1) is 3.57 Å². The second-order valence-electron chi connectivity index (χ2n) is 3.92. The molecule has 0 heterocycles. The number of carbonyl (C=O) groups is 1. The molecule has 6 heteroatoms. The zero-order valence-electron chi connectivity index (χ0n) is 10.2. The SMILES string of the molecule is O=C(COc1cc(Cl)cc(Cl)c1)Nc1ccccc1I. The molecule has 0 unspecified atom stereocenters. The fourth-order valence-electron chi connectivity index (χ4n) is 1.51. The molecule has 0 saturated carbocycles. The summed E-state index contributed by atoms with van der Waals surface area (Å²) in [6, 6.07) is 12.3. The first kappa shape index (κ1) is 15.4. The van der Waals surface area contributed by atoms with E-state index in [1.54, 1.807) is 18.2 Å². The minimum Gasteiger partial charge on any atom is -0.484 e. The standard InChI is InChI=1S/C14H10Cl2INO2/c15-9-5-10(16)7-11(6-9)20-8-14(19)18-13-4-2-1-3-12(13)17/h1-7H,8H2,(H,18,19). The van der Waals surface area contributed by atoms with Crippen LogP contribution in [0.4, 0.5) is 5.69 Å². The van der Waals surface area contributed by atoms with Crippen LogP contribution in [0.25, 0.3) is 0 Å². The summed E-state index contributed by atoms with van der Waals surface area (Å²) < 4.78 is 6.32. The Kier molecular flexibility index (Phi) is 5.51. The van der Waals surface area contributed by atoms with Crippen molar-refractivity contribution in [2.45, 2.75) is 0 Å². The molecule has 2 rings (SSSR count). The monoisotopic (exact) mass is 421 g/mol. The number of hydrogen-bond acceptors (Lipinski definition) is 2. The summed E-state index contributed by atoms with van der Waals surface area (Å²) in [4.78, 5) is 11.8. The van der Waals surface area contributed by atoms with Gasteiger partial charge in [-0.2, -0.15) is 0 Å². The first-order valence-electron chi connectivity index (χ1n) is 5.68. The van der Waals surface area contributed by atoms with Gasteiger partial charge in [0.2, 0.25) is 0 Å². The van der Waals surface area contributed by atoms with Gasteiger partial charge >= 0.3 is 0 Å². The maximum atomic E-state index is 11.8. The van der Waals surface area contributed by atoms with E-state index < -0.39 is 0 Å². The Bertz CT molecular complexity index is 614. The van der Waals surface area contributed by atoms with E-state index in [-0.39, 0.29) is 12.5 Å². The number of carbonyl (C=O) groups excluding carboxylic acids is 1. The van der Waals surface area contributed by atoms with Crippen LogP contribution in [0.5, 0.6) is 5.75 Å². The second kappa shape index (κ2) is 7.15. The highest BCUT2D eigenvalue weighted by molar-refractivity contribution is 14.1. The first-order valence-corrected chi connectivity index (χ1v) is 7.51. The number of benzene rings is 2. The fraction of sp³-hybridized carbons (Fsp3) is 0.0714. The molecule has 2 aromatic carbocycles. The van der Waals surface area contributed by atoms with Crippen molar-refractivity contribution >= 4 is 57.4 Å². The van der Waals surface area contributed by atoms with E-state index in [0.717, 1.165) is 9.26 Å². The second-order valence-corrected chi connectivity index (χ2v) is 5.96. The number of rotatable bonds is 4. The van der Waals surface area contributed by atoms with Crippen molar-refractivity contribution in [3.05, 3.63) is 56.1 Å². The van der Waals surface area contributed by atoms with E-state index in [1.165, 1.54) is 0 Å². The van der Waals surface area contributed by atoms with Gasteiger partial charge in [0, 0.05) is 13.6 Å². The molecule has 0 radical (unpaired) electrons. The molecule has 2 aromatic rings. The van der Waals surface area contributed by atoms with Gasteiger partial charge in [-0.3, -0.25) is 4.79 Å². The van der Waals surface area contributed by atoms with Crippen LogP contribution in [-0.2, 0) is 4.79 Å². The molecule has 0 spiro atoms. The summed E-state index contributed by atoms with van der Waals surface area (Å²) >= 11 is 13.9. The van der Waals surface area contributed by atoms with Crippen molar-refractivity contribution in [2.75, 3.05) is 11.9 Å². The van der Waals surface area contributed by atoms with Gasteiger partial charge in [0.25, 0.3) is 5.91 Å². The zero-order chi connectivity index (χ0) is 14.5. The molecule has 104 valence electrons. The molecule has 1 amide bonds. The average Bonchev–Trinajstić information content (AvgIpc) is 2.38. The van der Waals surface area contributed by atoms with Crippen molar-refractivity contribution in [1.29, 1.82) is 0 Å². The van der Waals surface area contributed by atoms with E-state index in [1.807, 2.05) is 24.3 Å². The summed E-state index contributed by atoms with van der Waals surface area (Å²) in [6.45, 7) is -0.109. The van der Waals surface area contributed by atoms with Crippen molar-refractivity contribution < 1.29 is 9.53 Å². The lowest BCUT2D eigenvalue weighted by molar-refractivity contribution is -0.118. The summed E-state index contributed by atoms with van der Waals surface area (Å²) in [5, 5.41) is 3.70. The quantitative estimate of drug-likeness (QED) is 0.731. The van der Waals surface area contributed by atoms with Crippen LogP contribution in [0.1, 0.15) is 0 Å². The normalized spacial score (nSPS) is 10.2. The smallest absolute Gasteiger partial charge is 0.262 e. The van der Waals surface area contributed by atoms with Gasteiger partial charge in [-0.25, -0.2) is 0 Å². The molecular weight excluding hydrogens is 412 g/mol. The Labute approximate surface area is 140 Å². The van der Waals surface area contributed by atoms with Gasteiger partial charge in [0.1, 0.15) is 5.75 Å². The number of ether oxygens (including phenoxy) is 1. The van der Waals surface area contributed by atoms with E-state index in [2.05, 4.69) is 27.9 Å². The highest BCUT2D eigenvalue weighted by Gasteiger charge is 2.07. The number of anilines is 1. The van der Waals surface area contributed by atoms with Gasteiger partial charge in [-0.15, -0.1) is 0 Å². The van der Waals surface area contributed by atoms with Crippen LogP contribution in [0.3, 0.4) is 0 Å². The highest BCUT2D eigenvalue weighted by atomic mass is 127. The maximum absolute atomic E-state index is 11.8. The van der Waals surface area contributed by atoms with Crippen LogP contribution in [-0.4, -0.2) is 12.5 Å². The van der Waals surface area contributed by atoms with E-state index >= 15 is 0 Å². The van der Waals surface area contributed by atoms with E-state index in [9.17, 15) is 4.79 Å². The van der Waals surface area contributed by atoms with Crippen LogP contribution in [0.2, 0.25) is 10.0 Å². The number of hydrogen-bond donors (Lipinski definition) is 1. The van der Waals surface area contributed by atoms with Crippen molar-refractivity contribution in [2.24, 2.45) is 0 Å². The van der Waals surface area contributed by atoms with Crippen LogP contribution in [0.15, 0.2) is 42.5 Å². The Morgan fingerprint density at radius 3 is 2.45 bits per heavy atom.